The average molecular weight is 423 g/mol. The third kappa shape index (κ3) is 5.43. The first-order valence-electron chi connectivity index (χ1n) is 9.75. The lowest BCUT2D eigenvalue weighted by Gasteiger charge is -2.31. The van der Waals surface area contributed by atoms with Gasteiger partial charge in [0.2, 0.25) is 0 Å². The largest absolute Gasteiger partial charge is 0.435 e. The summed E-state index contributed by atoms with van der Waals surface area (Å²) in [5.74, 6) is 3.21. The molecule has 0 aromatic heterocycles. The molecule has 1 nitrogen and oxygen atoms in total. The van der Waals surface area contributed by atoms with Gasteiger partial charge in [0.05, 0.1) is 5.41 Å². The minimum absolute atomic E-state index is 0.131. The maximum absolute atomic E-state index is 12.4. The number of rotatable bonds is 8. The van der Waals surface area contributed by atoms with Gasteiger partial charge in [-0.15, -0.1) is 6.42 Å². The molecule has 2 atom stereocenters. The molecule has 4 heteroatoms. The maximum Gasteiger partial charge on any atom is 0.387 e. The van der Waals surface area contributed by atoms with Crippen LogP contribution in [0.3, 0.4) is 0 Å². The van der Waals surface area contributed by atoms with E-state index in [1.165, 1.54) is 15.4 Å². The molecule has 0 aliphatic heterocycles. The molecule has 0 aliphatic carbocycles. The van der Waals surface area contributed by atoms with E-state index in [2.05, 4.69) is 54.0 Å². The summed E-state index contributed by atoms with van der Waals surface area (Å²) in [6.45, 7) is 1.30. The van der Waals surface area contributed by atoms with Crippen LogP contribution < -0.4 is 4.74 Å². The molecule has 0 bridgehead atoms. The number of hydrogen-bond acceptors (Lipinski definition) is 2. The van der Waals surface area contributed by atoms with Crippen LogP contribution in [0.15, 0.2) is 88.7 Å². The monoisotopic (exact) mass is 422 g/mol. The fraction of sp³-hybridized carbons (Fsp3) is 0.231. The number of hydrogen-bond donors (Lipinski definition) is 0. The lowest BCUT2D eigenvalue weighted by molar-refractivity contribution is -0.0498. The standard InChI is InChI=1S/C26H24F2OS/c1-4-26(3,21-13-15-22(16-14-21)29-25(27)28)19(2)17-20-9-8-12-24(18-20)30-23-10-6-5-7-11-23/h1,5-16,18-19,25H,17H2,2-3H3. The van der Waals surface area contributed by atoms with E-state index in [1.54, 1.807) is 36.0 Å². The van der Waals surface area contributed by atoms with Crippen molar-refractivity contribution in [1.29, 1.82) is 0 Å². The van der Waals surface area contributed by atoms with Crippen molar-refractivity contribution in [3.8, 4) is 18.1 Å². The minimum atomic E-state index is -2.84. The van der Waals surface area contributed by atoms with E-state index in [-0.39, 0.29) is 11.7 Å². The molecule has 0 radical (unpaired) electrons. The fourth-order valence-electron chi connectivity index (χ4n) is 3.41. The van der Waals surface area contributed by atoms with Gasteiger partial charge in [-0.3, -0.25) is 0 Å². The molecule has 30 heavy (non-hydrogen) atoms. The summed E-state index contributed by atoms with van der Waals surface area (Å²) in [5, 5.41) is 0. The predicted molar refractivity (Wildman–Crippen MR) is 119 cm³/mol. The zero-order chi connectivity index (χ0) is 21.6. The van der Waals surface area contributed by atoms with Gasteiger partial charge in [0.25, 0.3) is 0 Å². The minimum Gasteiger partial charge on any atom is -0.435 e. The van der Waals surface area contributed by atoms with Gasteiger partial charge in [-0.1, -0.05) is 67.1 Å². The van der Waals surface area contributed by atoms with Gasteiger partial charge < -0.3 is 4.74 Å². The van der Waals surface area contributed by atoms with Crippen LogP contribution in [0.5, 0.6) is 5.75 Å². The average Bonchev–Trinajstić information content (AvgIpc) is 2.74. The van der Waals surface area contributed by atoms with Crippen LogP contribution in [0.1, 0.15) is 25.0 Å². The van der Waals surface area contributed by atoms with Gasteiger partial charge in [-0.2, -0.15) is 8.78 Å². The molecule has 0 spiro atoms. The molecule has 0 N–H and O–H groups in total. The van der Waals surface area contributed by atoms with Crippen molar-refractivity contribution in [2.75, 3.05) is 0 Å². The molecule has 0 amide bonds. The van der Waals surface area contributed by atoms with Crippen LogP contribution in [0.25, 0.3) is 0 Å². The van der Waals surface area contributed by atoms with Crippen molar-refractivity contribution in [2.24, 2.45) is 5.92 Å². The predicted octanol–water partition coefficient (Wildman–Crippen LogP) is 7.21. The Labute approximate surface area is 181 Å². The highest BCUT2D eigenvalue weighted by atomic mass is 32.2. The normalized spacial score (nSPS) is 14.0. The lowest BCUT2D eigenvalue weighted by Crippen LogP contribution is -2.30. The van der Waals surface area contributed by atoms with Gasteiger partial charge in [0.15, 0.2) is 0 Å². The van der Waals surface area contributed by atoms with Crippen LogP contribution in [0, 0.1) is 18.3 Å². The molecule has 0 saturated heterocycles. The smallest absolute Gasteiger partial charge is 0.387 e. The Bertz CT molecular complexity index is 996. The lowest BCUT2D eigenvalue weighted by atomic mass is 9.71. The molecular formula is C26H24F2OS. The molecule has 3 aromatic rings. The van der Waals surface area contributed by atoms with Crippen molar-refractivity contribution in [3.63, 3.8) is 0 Å². The van der Waals surface area contributed by atoms with Crippen molar-refractivity contribution < 1.29 is 13.5 Å². The summed E-state index contributed by atoms with van der Waals surface area (Å²) in [6.07, 6.45) is 6.74. The summed E-state index contributed by atoms with van der Waals surface area (Å²) < 4.78 is 29.3. The molecule has 0 fully saturated rings. The summed E-state index contributed by atoms with van der Waals surface area (Å²) in [4.78, 5) is 2.38. The second kappa shape index (κ2) is 9.82. The summed E-state index contributed by atoms with van der Waals surface area (Å²) in [5.41, 5.74) is 1.59. The third-order valence-corrected chi connectivity index (χ3v) is 6.38. The van der Waals surface area contributed by atoms with Crippen molar-refractivity contribution in [2.45, 2.75) is 42.1 Å². The van der Waals surface area contributed by atoms with Gasteiger partial charge in [0, 0.05) is 9.79 Å². The molecule has 154 valence electrons. The Balaban J connectivity index is 1.75. The first-order chi connectivity index (χ1) is 14.4. The second-order valence-electron chi connectivity index (χ2n) is 7.42. The topological polar surface area (TPSA) is 9.23 Å². The molecule has 3 aromatic carbocycles. The Morgan fingerprint density at radius 3 is 2.27 bits per heavy atom. The number of terminal acetylenes is 1. The Morgan fingerprint density at radius 1 is 0.967 bits per heavy atom. The molecular weight excluding hydrogens is 398 g/mol. The van der Waals surface area contributed by atoms with Gasteiger partial charge in [-0.05, 0) is 66.8 Å². The highest BCUT2D eigenvalue weighted by Gasteiger charge is 2.31. The SMILES string of the molecule is C#CC(C)(c1ccc(OC(F)F)cc1)C(C)Cc1cccc(Sc2ccccc2)c1. The van der Waals surface area contributed by atoms with E-state index in [0.717, 1.165) is 12.0 Å². The molecule has 0 saturated carbocycles. The number of benzene rings is 3. The fourth-order valence-corrected chi connectivity index (χ4v) is 4.33. The maximum atomic E-state index is 12.4. The first kappa shape index (κ1) is 21.9. The van der Waals surface area contributed by atoms with Crippen LogP contribution in [0.4, 0.5) is 8.78 Å². The quantitative estimate of drug-likeness (QED) is 0.355. The number of alkyl halides is 2. The van der Waals surface area contributed by atoms with Gasteiger partial charge >= 0.3 is 6.61 Å². The summed E-state index contributed by atoms with van der Waals surface area (Å²) in [6, 6.07) is 25.4. The summed E-state index contributed by atoms with van der Waals surface area (Å²) in [7, 11) is 0. The highest BCUT2D eigenvalue weighted by Crippen LogP contribution is 2.36. The van der Waals surface area contributed by atoms with Crippen molar-refractivity contribution in [1.82, 2.24) is 0 Å². The molecule has 2 unspecified atom stereocenters. The van der Waals surface area contributed by atoms with Gasteiger partial charge in [0.1, 0.15) is 5.75 Å². The van der Waals surface area contributed by atoms with E-state index in [4.69, 9.17) is 6.42 Å². The van der Waals surface area contributed by atoms with Crippen LogP contribution >= 0.6 is 11.8 Å². The Morgan fingerprint density at radius 2 is 1.63 bits per heavy atom. The Kier molecular flexibility index (Phi) is 7.18. The van der Waals surface area contributed by atoms with Gasteiger partial charge in [-0.25, -0.2) is 0 Å². The van der Waals surface area contributed by atoms with E-state index in [1.807, 2.05) is 25.1 Å². The molecule has 0 heterocycles. The second-order valence-corrected chi connectivity index (χ2v) is 8.56. The zero-order valence-corrected chi connectivity index (χ0v) is 17.8. The van der Waals surface area contributed by atoms with Crippen LogP contribution in [-0.4, -0.2) is 6.61 Å². The van der Waals surface area contributed by atoms with Crippen LogP contribution in [-0.2, 0) is 11.8 Å². The van der Waals surface area contributed by atoms with Crippen molar-refractivity contribution in [3.05, 3.63) is 90.0 Å². The summed E-state index contributed by atoms with van der Waals surface area (Å²) >= 11 is 1.73. The highest BCUT2D eigenvalue weighted by molar-refractivity contribution is 7.99. The van der Waals surface area contributed by atoms with E-state index in [9.17, 15) is 8.78 Å². The number of halogens is 2. The van der Waals surface area contributed by atoms with E-state index >= 15 is 0 Å². The molecule has 0 aliphatic rings. The van der Waals surface area contributed by atoms with Crippen LogP contribution in [0.2, 0.25) is 0 Å². The molecule has 3 rings (SSSR count). The first-order valence-corrected chi connectivity index (χ1v) is 10.6. The Hall–Kier alpha value is -2.77. The third-order valence-electron chi connectivity index (χ3n) is 5.38. The van der Waals surface area contributed by atoms with E-state index in [0.29, 0.717) is 0 Å². The van der Waals surface area contributed by atoms with Crippen molar-refractivity contribution >= 4 is 11.8 Å². The zero-order valence-electron chi connectivity index (χ0n) is 17.0. The number of ether oxygens (including phenoxy) is 1. The van der Waals surface area contributed by atoms with E-state index < -0.39 is 12.0 Å².